The second-order valence-electron chi connectivity index (χ2n) is 5.53. The van der Waals surface area contributed by atoms with Crippen LogP contribution in [0.1, 0.15) is 16.1 Å². The van der Waals surface area contributed by atoms with Crippen LogP contribution in [-0.2, 0) is 5.75 Å². The third kappa shape index (κ3) is 4.47. The lowest BCUT2D eigenvalue weighted by Gasteiger charge is -2.06. The average molecular weight is 410 g/mol. The molecule has 136 valence electrons. The van der Waals surface area contributed by atoms with Crippen LogP contribution in [0.15, 0.2) is 46.9 Å². The number of hydrogen-bond donors (Lipinski definition) is 1. The van der Waals surface area contributed by atoms with E-state index in [-0.39, 0.29) is 11.7 Å². The Balaban J connectivity index is 1.50. The highest BCUT2D eigenvalue weighted by Crippen LogP contribution is 2.28. The number of fused-ring (bicyclic) bond motifs is 1. The molecular formula is C19H17Cl2NO3S. The van der Waals surface area contributed by atoms with Crippen LogP contribution >= 0.6 is 35.0 Å². The predicted molar refractivity (Wildman–Crippen MR) is 108 cm³/mol. The average Bonchev–Trinajstić information content (AvgIpc) is 3.07. The van der Waals surface area contributed by atoms with Gasteiger partial charge in [0.1, 0.15) is 0 Å². The smallest absolute Gasteiger partial charge is 0.287 e. The van der Waals surface area contributed by atoms with Crippen LogP contribution in [-0.4, -0.2) is 25.3 Å². The minimum Gasteiger partial charge on any atom is -0.493 e. The van der Waals surface area contributed by atoms with E-state index in [9.17, 15) is 4.79 Å². The molecule has 26 heavy (non-hydrogen) atoms. The molecule has 3 rings (SSSR count). The number of halogens is 2. The molecule has 0 unspecified atom stereocenters. The first kappa shape index (κ1) is 19.0. The van der Waals surface area contributed by atoms with Crippen molar-refractivity contribution >= 4 is 51.8 Å². The SMILES string of the molecule is COc1cccc2cc(C(=O)NCCSCc3ccc(Cl)cc3Cl)oc12. The Morgan fingerprint density at radius 2 is 2.08 bits per heavy atom. The molecular weight excluding hydrogens is 393 g/mol. The summed E-state index contributed by atoms with van der Waals surface area (Å²) < 4.78 is 10.9. The van der Waals surface area contributed by atoms with Crippen LogP contribution in [0.3, 0.4) is 0 Å². The zero-order valence-corrected chi connectivity index (χ0v) is 16.4. The number of nitrogens with one attached hydrogen (secondary N) is 1. The first-order chi connectivity index (χ1) is 12.6. The van der Waals surface area contributed by atoms with E-state index in [0.717, 1.165) is 22.5 Å². The standard InChI is InChI=1S/C19H17Cl2NO3S/c1-24-16-4-2-3-12-9-17(25-18(12)16)19(23)22-7-8-26-11-13-5-6-14(20)10-15(13)21/h2-6,9-10H,7-8,11H2,1H3,(H,22,23). The van der Waals surface area contributed by atoms with Crippen molar-refractivity contribution in [2.45, 2.75) is 5.75 Å². The summed E-state index contributed by atoms with van der Waals surface area (Å²) in [7, 11) is 1.57. The van der Waals surface area contributed by atoms with Crippen LogP contribution in [0.25, 0.3) is 11.0 Å². The Bertz CT molecular complexity index is 926. The summed E-state index contributed by atoms with van der Waals surface area (Å²) in [6.45, 7) is 0.531. The lowest BCUT2D eigenvalue weighted by atomic mass is 10.2. The zero-order chi connectivity index (χ0) is 18.5. The molecule has 0 saturated carbocycles. The van der Waals surface area contributed by atoms with Gasteiger partial charge in [0.15, 0.2) is 17.1 Å². The summed E-state index contributed by atoms with van der Waals surface area (Å²) in [5, 5.41) is 4.97. The first-order valence-corrected chi connectivity index (χ1v) is 9.86. The Kier molecular flexibility index (Phi) is 6.35. The number of carbonyl (C=O) groups is 1. The highest BCUT2D eigenvalue weighted by Gasteiger charge is 2.14. The molecule has 0 saturated heterocycles. The molecule has 2 aromatic carbocycles. The highest BCUT2D eigenvalue weighted by atomic mass is 35.5. The van der Waals surface area contributed by atoms with Crippen LogP contribution in [0.2, 0.25) is 10.0 Å². The van der Waals surface area contributed by atoms with Gasteiger partial charge in [0.2, 0.25) is 0 Å². The third-order valence-corrected chi connectivity index (χ3v) is 5.35. The molecule has 0 fully saturated rings. The molecule has 1 heterocycles. The van der Waals surface area contributed by atoms with Crippen LogP contribution < -0.4 is 10.1 Å². The quantitative estimate of drug-likeness (QED) is 0.529. The second kappa shape index (κ2) is 8.71. The number of furan rings is 1. The summed E-state index contributed by atoms with van der Waals surface area (Å²) >= 11 is 13.7. The molecule has 0 atom stereocenters. The van der Waals surface area contributed by atoms with Crippen molar-refractivity contribution in [3.8, 4) is 5.75 Å². The van der Waals surface area contributed by atoms with Crippen molar-refractivity contribution in [1.82, 2.24) is 5.32 Å². The number of para-hydroxylation sites is 1. The first-order valence-electron chi connectivity index (χ1n) is 7.95. The van der Waals surface area contributed by atoms with Gasteiger partial charge in [0.25, 0.3) is 5.91 Å². The number of benzene rings is 2. The van der Waals surface area contributed by atoms with Crippen LogP contribution in [0.5, 0.6) is 5.75 Å². The number of ether oxygens (including phenoxy) is 1. The van der Waals surface area contributed by atoms with E-state index < -0.39 is 0 Å². The van der Waals surface area contributed by atoms with Gasteiger partial charge in [-0.25, -0.2) is 0 Å². The molecule has 0 aliphatic carbocycles. The Hall–Kier alpha value is -1.82. The van der Waals surface area contributed by atoms with Gasteiger partial charge in [-0.2, -0.15) is 11.8 Å². The number of amides is 1. The number of thioether (sulfide) groups is 1. The van der Waals surface area contributed by atoms with Crippen LogP contribution in [0.4, 0.5) is 0 Å². The Morgan fingerprint density at radius 1 is 1.23 bits per heavy atom. The Morgan fingerprint density at radius 3 is 2.85 bits per heavy atom. The van der Waals surface area contributed by atoms with Crippen molar-refractivity contribution in [2.24, 2.45) is 0 Å². The molecule has 0 radical (unpaired) electrons. The molecule has 1 N–H and O–H groups in total. The van der Waals surface area contributed by atoms with E-state index in [1.54, 1.807) is 37.1 Å². The van der Waals surface area contributed by atoms with E-state index in [1.165, 1.54) is 0 Å². The summed E-state index contributed by atoms with van der Waals surface area (Å²) in [5.41, 5.74) is 1.60. The van der Waals surface area contributed by atoms with Gasteiger partial charge >= 0.3 is 0 Å². The van der Waals surface area contributed by atoms with Crippen molar-refractivity contribution in [3.63, 3.8) is 0 Å². The van der Waals surface area contributed by atoms with Gasteiger partial charge in [-0.15, -0.1) is 0 Å². The van der Waals surface area contributed by atoms with E-state index >= 15 is 0 Å². The topological polar surface area (TPSA) is 51.5 Å². The molecule has 0 aliphatic heterocycles. The largest absolute Gasteiger partial charge is 0.493 e. The fourth-order valence-electron chi connectivity index (χ4n) is 2.45. The predicted octanol–water partition coefficient (Wildman–Crippen LogP) is 5.41. The normalized spacial score (nSPS) is 10.9. The van der Waals surface area contributed by atoms with Gasteiger partial charge in [-0.3, -0.25) is 4.79 Å². The zero-order valence-electron chi connectivity index (χ0n) is 14.1. The molecule has 7 heteroatoms. The monoisotopic (exact) mass is 409 g/mol. The lowest BCUT2D eigenvalue weighted by Crippen LogP contribution is -2.25. The number of rotatable bonds is 7. The van der Waals surface area contributed by atoms with Crippen molar-refractivity contribution in [3.05, 3.63) is 63.8 Å². The lowest BCUT2D eigenvalue weighted by molar-refractivity contribution is 0.0930. The fraction of sp³-hybridized carbons (Fsp3) is 0.211. The van der Waals surface area contributed by atoms with Gasteiger partial charge in [-0.05, 0) is 29.8 Å². The number of carbonyl (C=O) groups excluding carboxylic acids is 1. The third-order valence-electron chi connectivity index (χ3n) is 3.76. The van der Waals surface area contributed by atoms with Gasteiger partial charge in [0.05, 0.1) is 7.11 Å². The van der Waals surface area contributed by atoms with Crippen LogP contribution in [0, 0.1) is 0 Å². The van der Waals surface area contributed by atoms with Gasteiger partial charge in [0, 0.05) is 33.5 Å². The summed E-state index contributed by atoms with van der Waals surface area (Å²) in [5.74, 6) is 2.16. The van der Waals surface area contributed by atoms with E-state index in [0.29, 0.717) is 27.9 Å². The maximum Gasteiger partial charge on any atom is 0.287 e. The molecule has 0 aliphatic rings. The summed E-state index contributed by atoms with van der Waals surface area (Å²) in [6, 6.07) is 12.7. The Labute approximate surface area is 165 Å². The fourth-order valence-corrected chi connectivity index (χ4v) is 3.87. The van der Waals surface area contributed by atoms with Crippen molar-refractivity contribution in [1.29, 1.82) is 0 Å². The molecule has 3 aromatic rings. The van der Waals surface area contributed by atoms with E-state index in [2.05, 4.69) is 5.32 Å². The summed E-state index contributed by atoms with van der Waals surface area (Å²) in [6.07, 6.45) is 0. The van der Waals surface area contributed by atoms with Crippen molar-refractivity contribution < 1.29 is 13.9 Å². The van der Waals surface area contributed by atoms with Crippen molar-refractivity contribution in [2.75, 3.05) is 19.4 Å². The molecule has 0 bridgehead atoms. The maximum absolute atomic E-state index is 12.2. The summed E-state index contributed by atoms with van der Waals surface area (Å²) in [4.78, 5) is 12.2. The number of methoxy groups -OCH3 is 1. The maximum atomic E-state index is 12.2. The van der Waals surface area contributed by atoms with Gasteiger partial charge in [-0.1, -0.05) is 41.4 Å². The second-order valence-corrected chi connectivity index (χ2v) is 7.48. The van der Waals surface area contributed by atoms with Gasteiger partial charge < -0.3 is 14.5 Å². The van der Waals surface area contributed by atoms with E-state index in [4.69, 9.17) is 32.4 Å². The minimum atomic E-state index is -0.242. The minimum absolute atomic E-state index is 0.242. The highest BCUT2D eigenvalue weighted by molar-refractivity contribution is 7.98. The number of hydrogen-bond acceptors (Lipinski definition) is 4. The molecule has 4 nitrogen and oxygen atoms in total. The molecule has 0 spiro atoms. The molecule has 1 aromatic heterocycles. The van der Waals surface area contributed by atoms with E-state index in [1.807, 2.05) is 24.3 Å². The molecule has 1 amide bonds.